The summed E-state index contributed by atoms with van der Waals surface area (Å²) < 4.78 is 5.71. The fraction of sp³-hybridized carbons (Fsp3) is 0.471. The van der Waals surface area contributed by atoms with Crippen LogP contribution in [0.5, 0.6) is 5.75 Å². The van der Waals surface area contributed by atoms with Gasteiger partial charge >= 0.3 is 0 Å². The van der Waals surface area contributed by atoms with Crippen LogP contribution in [0.2, 0.25) is 0 Å². The van der Waals surface area contributed by atoms with E-state index in [-0.39, 0.29) is 17.9 Å². The molecule has 1 aliphatic carbocycles. The normalized spacial score (nSPS) is 24.1. The van der Waals surface area contributed by atoms with Gasteiger partial charge in [0.2, 0.25) is 0 Å². The number of aliphatic hydroxyl groups is 1. The number of rotatable bonds is 4. The van der Waals surface area contributed by atoms with E-state index in [0.29, 0.717) is 37.4 Å². The first-order chi connectivity index (χ1) is 10.1. The van der Waals surface area contributed by atoms with Gasteiger partial charge in [-0.2, -0.15) is 0 Å². The van der Waals surface area contributed by atoms with Gasteiger partial charge in [-0.15, -0.1) is 0 Å². The van der Waals surface area contributed by atoms with E-state index in [9.17, 15) is 4.79 Å². The molecule has 1 amide bonds. The third kappa shape index (κ3) is 2.56. The summed E-state index contributed by atoms with van der Waals surface area (Å²) >= 11 is 0. The molecule has 0 saturated heterocycles. The van der Waals surface area contributed by atoms with E-state index in [2.05, 4.69) is 25.1 Å². The van der Waals surface area contributed by atoms with Crippen LogP contribution in [-0.2, 0) is 5.41 Å². The Labute approximate surface area is 125 Å². The zero-order valence-corrected chi connectivity index (χ0v) is 12.3. The van der Waals surface area contributed by atoms with Gasteiger partial charge in [0.1, 0.15) is 12.4 Å². The Kier molecular flexibility index (Phi) is 3.72. The summed E-state index contributed by atoms with van der Waals surface area (Å²) in [6.07, 6.45) is 5.94. The molecule has 4 nitrogen and oxygen atoms in total. The Bertz CT molecular complexity index is 579. The Balaban J connectivity index is 1.91. The van der Waals surface area contributed by atoms with Crippen molar-refractivity contribution in [1.82, 2.24) is 4.90 Å². The van der Waals surface area contributed by atoms with Crippen molar-refractivity contribution in [1.29, 1.82) is 0 Å². The highest BCUT2D eigenvalue weighted by molar-refractivity contribution is 5.97. The van der Waals surface area contributed by atoms with Gasteiger partial charge in [-0.3, -0.25) is 4.79 Å². The first kappa shape index (κ1) is 14.1. The lowest BCUT2D eigenvalue weighted by Crippen LogP contribution is -2.34. The van der Waals surface area contributed by atoms with Crippen LogP contribution in [0, 0.1) is 0 Å². The maximum Gasteiger partial charge on any atom is 0.257 e. The number of carbonyl (C=O) groups excluding carboxylic acids is 1. The van der Waals surface area contributed by atoms with Crippen LogP contribution in [0.1, 0.15) is 35.7 Å². The highest BCUT2D eigenvalue weighted by Crippen LogP contribution is 2.38. The van der Waals surface area contributed by atoms with Gasteiger partial charge in [-0.05, 0) is 30.5 Å². The van der Waals surface area contributed by atoms with Crippen molar-refractivity contribution in [3.8, 4) is 5.75 Å². The fourth-order valence-electron chi connectivity index (χ4n) is 2.88. The molecule has 1 heterocycles. The van der Waals surface area contributed by atoms with Crippen molar-refractivity contribution in [3.63, 3.8) is 0 Å². The average molecular weight is 287 g/mol. The summed E-state index contributed by atoms with van der Waals surface area (Å²) in [6.45, 7) is 3.92. The molecule has 0 bridgehead atoms. The number of nitrogens with zero attached hydrogens (tertiary/aromatic N) is 1. The summed E-state index contributed by atoms with van der Waals surface area (Å²) in [4.78, 5) is 14.4. The predicted octanol–water partition coefficient (Wildman–Crippen LogP) is 2.12. The van der Waals surface area contributed by atoms with Crippen molar-refractivity contribution >= 4 is 5.91 Å². The zero-order chi connectivity index (χ0) is 14.9. The van der Waals surface area contributed by atoms with E-state index < -0.39 is 0 Å². The number of allylic oxidation sites excluding steroid dienone is 2. The van der Waals surface area contributed by atoms with Crippen LogP contribution in [0.15, 0.2) is 30.4 Å². The second-order valence-corrected chi connectivity index (χ2v) is 5.95. The summed E-state index contributed by atoms with van der Waals surface area (Å²) in [5.41, 5.74) is 1.84. The molecule has 3 rings (SSSR count). The Hall–Kier alpha value is -1.81. The van der Waals surface area contributed by atoms with Crippen molar-refractivity contribution < 1.29 is 14.6 Å². The molecule has 1 atom stereocenters. The van der Waals surface area contributed by atoms with Crippen LogP contribution in [0.3, 0.4) is 0 Å². The Morgan fingerprint density at radius 2 is 2.24 bits per heavy atom. The summed E-state index contributed by atoms with van der Waals surface area (Å²) in [5.74, 6) is 0.673. The number of carbonyl (C=O) groups is 1. The highest BCUT2D eigenvalue weighted by atomic mass is 16.5. The molecule has 1 aliphatic heterocycles. The minimum absolute atomic E-state index is 0.00435. The number of fused-ring (bicyclic) bond motifs is 1. The molecule has 1 unspecified atom stereocenters. The number of ether oxygens (including phenoxy) is 1. The molecule has 0 aromatic heterocycles. The van der Waals surface area contributed by atoms with Crippen LogP contribution in [0.25, 0.3) is 0 Å². The average Bonchev–Trinajstić information content (AvgIpc) is 2.62. The van der Waals surface area contributed by atoms with Gasteiger partial charge in [-0.1, -0.05) is 25.1 Å². The minimum Gasteiger partial charge on any atom is -0.491 e. The lowest BCUT2D eigenvalue weighted by molar-refractivity contribution is 0.0744. The highest BCUT2D eigenvalue weighted by Gasteiger charge is 2.31. The van der Waals surface area contributed by atoms with Crippen LogP contribution in [0.4, 0.5) is 0 Å². The smallest absolute Gasteiger partial charge is 0.257 e. The molecular weight excluding hydrogens is 266 g/mol. The van der Waals surface area contributed by atoms with E-state index in [1.54, 1.807) is 4.90 Å². The van der Waals surface area contributed by atoms with E-state index in [4.69, 9.17) is 9.84 Å². The van der Waals surface area contributed by atoms with Crippen molar-refractivity contribution in [3.05, 3.63) is 41.5 Å². The van der Waals surface area contributed by atoms with Crippen LogP contribution in [-0.4, -0.2) is 42.2 Å². The number of benzene rings is 1. The lowest BCUT2D eigenvalue weighted by Gasteiger charge is -2.32. The number of hydrogen-bond acceptors (Lipinski definition) is 3. The number of hydrogen-bond donors (Lipinski definition) is 1. The summed E-state index contributed by atoms with van der Waals surface area (Å²) in [6, 6.07) is 5.94. The third-order valence-electron chi connectivity index (χ3n) is 4.39. The Morgan fingerprint density at radius 3 is 2.90 bits per heavy atom. The molecule has 112 valence electrons. The van der Waals surface area contributed by atoms with Crippen molar-refractivity contribution in [2.45, 2.75) is 25.2 Å². The van der Waals surface area contributed by atoms with Gasteiger partial charge in [-0.25, -0.2) is 0 Å². The Morgan fingerprint density at radius 1 is 1.43 bits per heavy atom. The quantitative estimate of drug-likeness (QED) is 0.863. The first-order valence-corrected chi connectivity index (χ1v) is 7.49. The third-order valence-corrected chi connectivity index (χ3v) is 4.39. The van der Waals surface area contributed by atoms with E-state index >= 15 is 0 Å². The van der Waals surface area contributed by atoms with Gasteiger partial charge in [0.25, 0.3) is 5.91 Å². The summed E-state index contributed by atoms with van der Waals surface area (Å²) in [7, 11) is 0. The molecule has 4 heteroatoms. The second-order valence-electron chi connectivity index (χ2n) is 5.95. The largest absolute Gasteiger partial charge is 0.491 e. The molecule has 0 radical (unpaired) electrons. The van der Waals surface area contributed by atoms with E-state index in [0.717, 1.165) is 12.0 Å². The first-order valence-electron chi connectivity index (χ1n) is 7.49. The van der Waals surface area contributed by atoms with Crippen LogP contribution >= 0.6 is 0 Å². The van der Waals surface area contributed by atoms with Crippen LogP contribution < -0.4 is 4.74 Å². The zero-order valence-electron chi connectivity index (χ0n) is 12.3. The summed E-state index contributed by atoms with van der Waals surface area (Å²) in [5, 5.41) is 8.96. The van der Waals surface area contributed by atoms with E-state index in [1.807, 2.05) is 12.1 Å². The molecule has 1 aromatic carbocycles. The molecule has 1 N–H and O–H groups in total. The molecular formula is C17H21NO3. The SMILES string of the molecule is CC1(c2ccc3c(c2)C(=O)N(CCCO)CCO3)C=CC1. The fourth-order valence-corrected chi connectivity index (χ4v) is 2.88. The monoisotopic (exact) mass is 287 g/mol. The van der Waals surface area contributed by atoms with Gasteiger partial charge in [0.05, 0.1) is 12.1 Å². The second kappa shape index (κ2) is 5.53. The predicted molar refractivity (Wildman–Crippen MR) is 80.7 cm³/mol. The maximum atomic E-state index is 12.7. The number of aliphatic hydroxyl groups excluding tert-OH is 1. The molecule has 0 spiro atoms. The molecule has 0 fully saturated rings. The van der Waals surface area contributed by atoms with Crippen molar-refractivity contribution in [2.24, 2.45) is 0 Å². The number of amides is 1. The molecule has 1 aromatic rings. The van der Waals surface area contributed by atoms with Gasteiger partial charge < -0.3 is 14.7 Å². The van der Waals surface area contributed by atoms with Crippen molar-refractivity contribution in [2.75, 3.05) is 26.3 Å². The standard InChI is InChI=1S/C17H21NO3/c1-17(6-2-7-17)13-4-5-15-14(12-13)16(20)18(8-3-10-19)9-11-21-15/h2,4-6,12,19H,3,7-11H2,1H3. The lowest BCUT2D eigenvalue weighted by atomic mass is 9.72. The van der Waals surface area contributed by atoms with Gasteiger partial charge in [0, 0.05) is 18.6 Å². The minimum atomic E-state index is 0.00435. The molecule has 0 saturated carbocycles. The van der Waals surface area contributed by atoms with Gasteiger partial charge in [0.15, 0.2) is 0 Å². The van der Waals surface area contributed by atoms with E-state index in [1.165, 1.54) is 0 Å². The molecule has 21 heavy (non-hydrogen) atoms. The maximum absolute atomic E-state index is 12.7. The topological polar surface area (TPSA) is 49.8 Å². The molecule has 2 aliphatic rings.